The van der Waals surface area contributed by atoms with Crippen molar-refractivity contribution in [3.05, 3.63) is 84.3 Å². The summed E-state index contributed by atoms with van der Waals surface area (Å²) in [7, 11) is 0. The van der Waals surface area contributed by atoms with E-state index in [0.29, 0.717) is 12.4 Å². The van der Waals surface area contributed by atoms with Crippen LogP contribution in [-0.2, 0) is 13.0 Å². The molecule has 2 aromatic carbocycles. The number of aromatic amines is 1. The first-order valence-corrected chi connectivity index (χ1v) is 10.6. The highest BCUT2D eigenvalue weighted by molar-refractivity contribution is 5.78. The number of aryl methyl sites for hydroxylation is 1. The van der Waals surface area contributed by atoms with Crippen molar-refractivity contribution in [2.24, 2.45) is 0 Å². The molecule has 0 bridgehead atoms. The summed E-state index contributed by atoms with van der Waals surface area (Å²) in [4.78, 5) is 9.49. The number of tetrazole rings is 1. The van der Waals surface area contributed by atoms with Gasteiger partial charge < -0.3 is 0 Å². The van der Waals surface area contributed by atoms with Gasteiger partial charge >= 0.3 is 0 Å². The molecule has 158 valence electrons. The maximum atomic E-state index is 4.78. The van der Waals surface area contributed by atoms with Gasteiger partial charge in [-0.2, -0.15) is 10.3 Å². The lowest BCUT2D eigenvalue weighted by Crippen LogP contribution is -2.07. The quantitative estimate of drug-likeness (QED) is 0.422. The number of nitrogens with zero attached hydrogens (tertiary/aromatic N) is 7. The number of rotatable bonds is 7. The van der Waals surface area contributed by atoms with Gasteiger partial charge in [0.05, 0.1) is 12.2 Å². The number of H-pyrrole nitrogens is 1. The highest BCUT2D eigenvalue weighted by atomic mass is 15.5. The number of benzene rings is 2. The van der Waals surface area contributed by atoms with Gasteiger partial charge in [-0.3, -0.25) is 4.98 Å². The lowest BCUT2D eigenvalue weighted by molar-refractivity contribution is 0.629. The summed E-state index contributed by atoms with van der Waals surface area (Å²) < 4.78 is 1.98. The molecule has 5 aromatic rings. The first-order chi connectivity index (χ1) is 15.8. The van der Waals surface area contributed by atoms with Crippen molar-refractivity contribution in [1.29, 1.82) is 0 Å². The molecule has 5 rings (SSSR count). The predicted molar refractivity (Wildman–Crippen MR) is 121 cm³/mol. The fourth-order valence-corrected chi connectivity index (χ4v) is 3.65. The first-order valence-electron chi connectivity index (χ1n) is 10.6. The lowest BCUT2D eigenvalue weighted by atomic mass is 10.0. The molecule has 32 heavy (non-hydrogen) atoms. The zero-order chi connectivity index (χ0) is 21.8. The Hall–Kier alpha value is -4.20. The van der Waals surface area contributed by atoms with Crippen LogP contribution in [0.3, 0.4) is 0 Å². The average molecular weight is 422 g/mol. The minimum absolute atomic E-state index is 0.548. The van der Waals surface area contributed by atoms with Gasteiger partial charge in [0.2, 0.25) is 5.82 Å². The van der Waals surface area contributed by atoms with Gasteiger partial charge in [-0.25, -0.2) is 9.67 Å². The molecule has 3 heterocycles. The van der Waals surface area contributed by atoms with E-state index in [-0.39, 0.29) is 0 Å². The second kappa shape index (κ2) is 8.89. The molecule has 3 aromatic heterocycles. The van der Waals surface area contributed by atoms with Crippen molar-refractivity contribution in [3.63, 3.8) is 0 Å². The zero-order valence-electron chi connectivity index (χ0n) is 17.7. The van der Waals surface area contributed by atoms with Crippen LogP contribution < -0.4 is 0 Å². The van der Waals surface area contributed by atoms with Crippen molar-refractivity contribution >= 4 is 0 Å². The van der Waals surface area contributed by atoms with Gasteiger partial charge in [-0.1, -0.05) is 67.6 Å². The van der Waals surface area contributed by atoms with Crippen molar-refractivity contribution in [1.82, 2.24) is 40.4 Å². The van der Waals surface area contributed by atoms with Gasteiger partial charge in [-0.15, -0.1) is 10.2 Å². The lowest BCUT2D eigenvalue weighted by Gasteiger charge is -2.08. The topological polar surface area (TPSA) is 98.1 Å². The highest BCUT2D eigenvalue weighted by Crippen LogP contribution is 2.28. The second-order valence-electron chi connectivity index (χ2n) is 7.46. The molecule has 0 saturated heterocycles. The number of aromatic nitrogens is 8. The maximum Gasteiger partial charge on any atom is 0.205 e. The van der Waals surface area contributed by atoms with E-state index in [9.17, 15) is 0 Å². The average Bonchev–Trinajstić information content (AvgIpc) is 3.51. The Balaban J connectivity index is 1.42. The van der Waals surface area contributed by atoms with Crippen LogP contribution in [0, 0.1) is 0 Å². The zero-order valence-corrected chi connectivity index (χ0v) is 17.7. The summed E-state index contributed by atoms with van der Waals surface area (Å²) in [5, 5.41) is 19.2. The third-order valence-corrected chi connectivity index (χ3v) is 5.20. The summed E-state index contributed by atoms with van der Waals surface area (Å²) in [6.45, 7) is 2.77. The standard InChI is InChI=1S/C24H22N8/c1-2-8-22-26-23(18-9-4-3-5-10-18)29-32(22)16-17-13-14-21(25-15-17)19-11-6-7-12-20(19)24-27-30-31-28-24/h3-7,9-15H,2,8,16H2,1H3,(H,27,28,30,31). The number of hydrogen-bond acceptors (Lipinski definition) is 6. The first kappa shape index (κ1) is 19.7. The largest absolute Gasteiger partial charge is 0.256 e. The Kier molecular flexibility index (Phi) is 5.48. The van der Waals surface area contributed by atoms with Crippen LogP contribution in [0.4, 0.5) is 0 Å². The molecule has 0 saturated carbocycles. The third-order valence-electron chi connectivity index (χ3n) is 5.20. The van der Waals surface area contributed by atoms with Gasteiger partial charge in [0.15, 0.2) is 5.82 Å². The van der Waals surface area contributed by atoms with Gasteiger partial charge in [0.25, 0.3) is 0 Å². The normalized spacial score (nSPS) is 11.0. The molecule has 0 aliphatic carbocycles. The van der Waals surface area contributed by atoms with Gasteiger partial charge in [-0.05, 0) is 23.3 Å². The Morgan fingerprint density at radius 1 is 0.875 bits per heavy atom. The molecule has 0 fully saturated rings. The molecule has 1 N–H and O–H groups in total. The Bertz CT molecular complexity index is 1290. The van der Waals surface area contributed by atoms with Crippen LogP contribution in [0.1, 0.15) is 24.7 Å². The fourth-order valence-electron chi connectivity index (χ4n) is 3.65. The smallest absolute Gasteiger partial charge is 0.205 e. The summed E-state index contributed by atoms with van der Waals surface area (Å²) in [5.41, 5.74) is 4.78. The van der Waals surface area contributed by atoms with Crippen molar-refractivity contribution in [2.75, 3.05) is 0 Å². The number of hydrogen-bond donors (Lipinski definition) is 1. The third kappa shape index (κ3) is 4.02. The molecule has 8 heteroatoms. The Morgan fingerprint density at radius 2 is 1.69 bits per heavy atom. The van der Waals surface area contributed by atoms with Crippen molar-refractivity contribution in [3.8, 4) is 34.0 Å². The summed E-state index contributed by atoms with van der Waals surface area (Å²) in [6.07, 6.45) is 3.78. The second-order valence-corrected chi connectivity index (χ2v) is 7.46. The summed E-state index contributed by atoms with van der Waals surface area (Å²) >= 11 is 0. The van der Waals surface area contributed by atoms with Gasteiger partial charge in [0, 0.05) is 29.3 Å². The Labute approximate surface area is 185 Å². The van der Waals surface area contributed by atoms with Crippen LogP contribution in [0.5, 0.6) is 0 Å². The van der Waals surface area contributed by atoms with E-state index < -0.39 is 0 Å². The van der Waals surface area contributed by atoms with E-state index in [1.807, 2.05) is 71.5 Å². The molecule has 0 radical (unpaired) electrons. The van der Waals surface area contributed by atoms with Gasteiger partial charge in [0.1, 0.15) is 5.82 Å². The van der Waals surface area contributed by atoms with E-state index >= 15 is 0 Å². The fraction of sp³-hybridized carbons (Fsp3) is 0.167. The van der Waals surface area contributed by atoms with Crippen LogP contribution >= 0.6 is 0 Å². The maximum absolute atomic E-state index is 4.78. The van der Waals surface area contributed by atoms with Crippen molar-refractivity contribution < 1.29 is 0 Å². The monoisotopic (exact) mass is 422 g/mol. The summed E-state index contributed by atoms with van der Waals surface area (Å²) in [6, 6.07) is 22.1. The minimum Gasteiger partial charge on any atom is -0.256 e. The molecular formula is C24H22N8. The van der Waals surface area contributed by atoms with E-state index in [1.165, 1.54) is 0 Å². The molecule has 0 aliphatic heterocycles. The Morgan fingerprint density at radius 3 is 2.41 bits per heavy atom. The highest BCUT2D eigenvalue weighted by Gasteiger charge is 2.14. The molecule has 0 aliphatic rings. The van der Waals surface area contributed by atoms with Crippen LogP contribution in [0.15, 0.2) is 72.9 Å². The molecule has 8 nitrogen and oxygen atoms in total. The van der Waals surface area contributed by atoms with Crippen LogP contribution in [-0.4, -0.2) is 40.4 Å². The molecular weight excluding hydrogens is 400 g/mol. The summed E-state index contributed by atoms with van der Waals surface area (Å²) in [5.74, 6) is 2.29. The SMILES string of the molecule is CCCc1nc(-c2ccccc2)nn1Cc1ccc(-c2ccccc2-c2nn[nH]n2)nc1. The number of nitrogens with one attached hydrogen (secondary N) is 1. The van der Waals surface area contributed by atoms with E-state index in [1.54, 1.807) is 0 Å². The predicted octanol–water partition coefficient (Wildman–Crippen LogP) is 4.19. The van der Waals surface area contributed by atoms with Crippen LogP contribution in [0.2, 0.25) is 0 Å². The van der Waals surface area contributed by atoms with Crippen LogP contribution in [0.25, 0.3) is 34.0 Å². The molecule has 0 amide bonds. The molecule has 0 unspecified atom stereocenters. The van der Waals surface area contributed by atoms with E-state index in [4.69, 9.17) is 15.1 Å². The number of pyridine rings is 1. The van der Waals surface area contributed by atoms with E-state index in [0.717, 1.165) is 52.4 Å². The van der Waals surface area contributed by atoms with E-state index in [2.05, 4.69) is 33.6 Å². The van der Waals surface area contributed by atoms with Crippen molar-refractivity contribution in [2.45, 2.75) is 26.3 Å². The molecule has 0 atom stereocenters. The molecule has 0 spiro atoms. The minimum atomic E-state index is 0.548.